The number of carbonyl (C=O) groups is 4. The van der Waals surface area contributed by atoms with Crippen LogP contribution in [0, 0.1) is 0 Å². The van der Waals surface area contributed by atoms with Crippen LogP contribution in [0.3, 0.4) is 0 Å². The summed E-state index contributed by atoms with van der Waals surface area (Å²) in [5.74, 6) is -1.84. The highest BCUT2D eigenvalue weighted by Gasteiger charge is 2.36. The smallest absolute Gasteiger partial charge is 0.408 e. The van der Waals surface area contributed by atoms with E-state index < -0.39 is 48.1 Å². The Kier molecular flexibility index (Phi) is 11.8. The van der Waals surface area contributed by atoms with Crippen molar-refractivity contribution in [3.8, 4) is 11.5 Å². The fourth-order valence-electron chi connectivity index (χ4n) is 3.87. The molecule has 11 nitrogen and oxygen atoms in total. The van der Waals surface area contributed by atoms with Crippen LogP contribution in [0.5, 0.6) is 11.5 Å². The van der Waals surface area contributed by atoms with Crippen molar-refractivity contribution < 1.29 is 38.9 Å². The number of alkyl carbamates (subject to hydrolysis) is 1. The zero-order chi connectivity index (χ0) is 29.9. The Bertz CT molecular complexity index is 1140. The Morgan fingerprint density at radius 2 is 1.52 bits per heavy atom. The van der Waals surface area contributed by atoms with Crippen LogP contribution < -0.4 is 10.6 Å². The minimum absolute atomic E-state index is 0.0271. The molecule has 0 saturated heterocycles. The van der Waals surface area contributed by atoms with Gasteiger partial charge in [-0.3, -0.25) is 14.4 Å². The van der Waals surface area contributed by atoms with Crippen molar-refractivity contribution in [1.29, 1.82) is 0 Å². The fraction of sp³-hybridized carbons (Fsp3) is 0.448. The number of nitrogens with one attached hydrogen (secondary N) is 2. The minimum Gasteiger partial charge on any atom is -0.508 e. The highest BCUT2D eigenvalue weighted by molar-refractivity contribution is 5.93. The van der Waals surface area contributed by atoms with Gasteiger partial charge in [-0.15, -0.1) is 0 Å². The number of amides is 3. The summed E-state index contributed by atoms with van der Waals surface area (Å²) >= 11 is 0. The minimum atomic E-state index is -1.19. The summed E-state index contributed by atoms with van der Waals surface area (Å²) in [5.41, 5.74) is 0.227. The number of rotatable bonds is 12. The Morgan fingerprint density at radius 1 is 0.950 bits per heavy atom. The largest absolute Gasteiger partial charge is 0.508 e. The number of phenolic OH excluding ortho intramolecular Hbond substituents is 2. The van der Waals surface area contributed by atoms with Crippen LogP contribution in [-0.2, 0) is 30.3 Å². The van der Waals surface area contributed by atoms with Crippen molar-refractivity contribution in [2.45, 2.75) is 64.6 Å². The molecule has 11 heteroatoms. The molecule has 2 aromatic rings. The molecule has 0 spiro atoms. The van der Waals surface area contributed by atoms with Crippen LogP contribution in [0.15, 0.2) is 48.5 Å². The second kappa shape index (κ2) is 14.8. The van der Waals surface area contributed by atoms with E-state index in [2.05, 4.69) is 15.4 Å². The lowest BCUT2D eigenvalue weighted by atomic mass is 9.99. The molecule has 2 unspecified atom stereocenters. The van der Waals surface area contributed by atoms with E-state index in [1.165, 1.54) is 48.4 Å². The predicted molar refractivity (Wildman–Crippen MR) is 147 cm³/mol. The number of carbonyl (C=O) groups excluding carboxylic acids is 4. The summed E-state index contributed by atoms with van der Waals surface area (Å²) in [6.45, 7) is 6.78. The number of ether oxygens (including phenoxy) is 2. The van der Waals surface area contributed by atoms with Crippen molar-refractivity contribution in [2.75, 3.05) is 20.2 Å². The average Bonchev–Trinajstić information content (AvgIpc) is 2.89. The van der Waals surface area contributed by atoms with E-state index in [1.54, 1.807) is 32.9 Å². The molecule has 2 aromatic carbocycles. The van der Waals surface area contributed by atoms with Gasteiger partial charge in [0, 0.05) is 13.0 Å². The number of hydrogen-bond donors (Lipinski definition) is 4. The van der Waals surface area contributed by atoms with Crippen LogP contribution in [0.25, 0.3) is 0 Å². The number of aromatic hydroxyl groups is 2. The van der Waals surface area contributed by atoms with Gasteiger partial charge < -0.3 is 35.2 Å². The maximum Gasteiger partial charge on any atom is 0.408 e. The van der Waals surface area contributed by atoms with Crippen molar-refractivity contribution in [3.63, 3.8) is 0 Å². The number of methoxy groups -OCH3 is 1. The monoisotopic (exact) mass is 557 g/mol. The van der Waals surface area contributed by atoms with Crippen molar-refractivity contribution >= 4 is 23.9 Å². The molecule has 0 saturated carbocycles. The second-order valence-electron chi connectivity index (χ2n) is 10.2. The van der Waals surface area contributed by atoms with E-state index >= 15 is 0 Å². The fourth-order valence-corrected chi connectivity index (χ4v) is 3.87. The zero-order valence-electron chi connectivity index (χ0n) is 23.6. The molecular weight excluding hydrogens is 518 g/mol. The molecular formula is C29H39N3O8. The summed E-state index contributed by atoms with van der Waals surface area (Å²) in [6, 6.07) is 9.69. The molecule has 40 heavy (non-hydrogen) atoms. The van der Waals surface area contributed by atoms with Gasteiger partial charge in [-0.05, 0) is 62.6 Å². The van der Waals surface area contributed by atoms with Gasteiger partial charge in [-0.2, -0.15) is 0 Å². The Labute approximate surface area is 234 Å². The quantitative estimate of drug-likeness (QED) is 0.290. The first-order chi connectivity index (χ1) is 18.8. The Morgan fingerprint density at radius 3 is 2.05 bits per heavy atom. The molecule has 0 bridgehead atoms. The van der Waals surface area contributed by atoms with E-state index in [4.69, 9.17) is 4.74 Å². The lowest BCUT2D eigenvalue weighted by Gasteiger charge is -2.34. The molecule has 4 N–H and O–H groups in total. The zero-order valence-corrected chi connectivity index (χ0v) is 23.6. The number of phenols is 2. The highest BCUT2D eigenvalue weighted by Crippen LogP contribution is 2.26. The van der Waals surface area contributed by atoms with Crippen molar-refractivity contribution in [1.82, 2.24) is 15.5 Å². The Balaban J connectivity index is 2.53. The standard InChI is InChI=1S/C29H39N3O8/c1-6-7-16-32(25(20-10-14-22(34)15-11-20)26(36)30-18-24(35)39-5)27(37)23(31-28(38)40-29(2,3)4)17-19-8-12-21(33)13-9-19/h8-15,23,25,33-34H,6-7,16-18H2,1-5H3,(H,30,36)(H,31,38). The molecule has 0 fully saturated rings. The van der Waals surface area contributed by atoms with Gasteiger partial charge in [-0.25, -0.2) is 4.79 Å². The topological polar surface area (TPSA) is 154 Å². The molecule has 0 heterocycles. The maximum absolute atomic E-state index is 14.2. The Hall–Kier alpha value is -4.28. The van der Waals surface area contributed by atoms with Crippen LogP contribution in [0.1, 0.15) is 57.7 Å². The van der Waals surface area contributed by atoms with Crippen LogP contribution in [0.2, 0.25) is 0 Å². The summed E-state index contributed by atoms with van der Waals surface area (Å²) in [4.78, 5) is 53.5. The lowest BCUT2D eigenvalue weighted by molar-refractivity contribution is -0.144. The van der Waals surface area contributed by atoms with Crippen molar-refractivity contribution in [2.24, 2.45) is 0 Å². The summed E-state index contributed by atoms with van der Waals surface area (Å²) in [5, 5.41) is 24.7. The van der Waals surface area contributed by atoms with Gasteiger partial charge >= 0.3 is 12.1 Å². The molecule has 0 aromatic heterocycles. The summed E-state index contributed by atoms with van der Waals surface area (Å²) in [7, 11) is 1.19. The highest BCUT2D eigenvalue weighted by atomic mass is 16.6. The third kappa shape index (κ3) is 10.1. The van der Waals surface area contributed by atoms with E-state index in [0.717, 1.165) is 0 Å². The van der Waals surface area contributed by atoms with Gasteiger partial charge in [0.1, 0.15) is 35.7 Å². The van der Waals surface area contributed by atoms with E-state index in [0.29, 0.717) is 24.0 Å². The SMILES string of the molecule is CCCCN(C(=O)C(Cc1ccc(O)cc1)NC(=O)OC(C)(C)C)C(C(=O)NCC(=O)OC)c1ccc(O)cc1. The average molecular weight is 558 g/mol. The first kappa shape index (κ1) is 31.9. The molecule has 0 aliphatic heterocycles. The number of benzene rings is 2. The van der Waals surface area contributed by atoms with Crippen molar-refractivity contribution in [3.05, 3.63) is 59.7 Å². The van der Waals surface area contributed by atoms with Crippen LogP contribution in [-0.4, -0.2) is 70.8 Å². The predicted octanol–water partition coefficient (Wildman–Crippen LogP) is 3.19. The molecule has 0 radical (unpaired) electrons. The first-order valence-corrected chi connectivity index (χ1v) is 13.1. The molecule has 2 rings (SSSR count). The van der Waals surface area contributed by atoms with Gasteiger partial charge in [0.2, 0.25) is 11.8 Å². The maximum atomic E-state index is 14.2. The molecule has 218 valence electrons. The van der Waals surface area contributed by atoms with Gasteiger partial charge in [-0.1, -0.05) is 37.6 Å². The van der Waals surface area contributed by atoms with Gasteiger partial charge in [0.05, 0.1) is 7.11 Å². The number of nitrogens with zero attached hydrogens (tertiary/aromatic N) is 1. The normalized spacial score (nSPS) is 12.5. The van der Waals surface area contributed by atoms with Crippen LogP contribution >= 0.6 is 0 Å². The number of hydrogen-bond acceptors (Lipinski definition) is 8. The number of unbranched alkanes of at least 4 members (excludes halogenated alkanes) is 1. The molecule has 0 aliphatic carbocycles. The van der Waals surface area contributed by atoms with Crippen LogP contribution in [0.4, 0.5) is 4.79 Å². The van der Waals surface area contributed by atoms with E-state index in [1.807, 2.05) is 6.92 Å². The van der Waals surface area contributed by atoms with E-state index in [9.17, 15) is 29.4 Å². The van der Waals surface area contributed by atoms with Gasteiger partial charge in [0.25, 0.3) is 0 Å². The van der Waals surface area contributed by atoms with E-state index in [-0.39, 0.29) is 24.5 Å². The first-order valence-electron chi connectivity index (χ1n) is 13.1. The second-order valence-corrected chi connectivity index (χ2v) is 10.2. The molecule has 2 atom stereocenters. The van der Waals surface area contributed by atoms with Gasteiger partial charge in [0.15, 0.2) is 0 Å². The summed E-state index contributed by atoms with van der Waals surface area (Å²) < 4.78 is 10.0. The lowest BCUT2D eigenvalue weighted by Crippen LogP contribution is -2.54. The molecule has 0 aliphatic rings. The summed E-state index contributed by atoms with van der Waals surface area (Å²) in [6.07, 6.45) is 0.491. The number of esters is 1. The third-order valence-corrected chi connectivity index (χ3v) is 5.80. The third-order valence-electron chi connectivity index (χ3n) is 5.80. The molecule has 3 amide bonds.